The van der Waals surface area contributed by atoms with E-state index in [4.69, 9.17) is 4.74 Å². The largest absolute Gasteiger partial charge is 0.491 e. The van der Waals surface area contributed by atoms with Gasteiger partial charge in [0, 0.05) is 5.56 Å². The molecule has 0 spiro atoms. The molecule has 0 aliphatic heterocycles. The first-order valence-corrected chi connectivity index (χ1v) is 6.58. The maximum Gasteiger partial charge on any atom is 0.125 e. The lowest BCUT2D eigenvalue weighted by molar-refractivity contribution is 0.198. The highest BCUT2D eigenvalue weighted by atomic mass is 16.5. The fourth-order valence-corrected chi connectivity index (χ4v) is 2.00. The fourth-order valence-electron chi connectivity index (χ4n) is 2.00. The van der Waals surface area contributed by atoms with Gasteiger partial charge in [0.2, 0.25) is 0 Å². The van der Waals surface area contributed by atoms with E-state index in [2.05, 4.69) is 0 Å². The van der Waals surface area contributed by atoms with Crippen molar-refractivity contribution >= 4 is 0 Å². The van der Waals surface area contributed by atoms with Crippen LogP contribution in [-0.4, -0.2) is 11.2 Å². The van der Waals surface area contributed by atoms with Crippen molar-refractivity contribution in [2.75, 3.05) is 0 Å². The zero-order valence-corrected chi connectivity index (χ0v) is 11.6. The number of para-hydroxylation sites is 1. The molecule has 1 unspecified atom stereocenters. The van der Waals surface area contributed by atoms with E-state index >= 15 is 0 Å². The molecule has 100 valence electrons. The number of benzene rings is 2. The van der Waals surface area contributed by atoms with Gasteiger partial charge in [-0.05, 0) is 32.4 Å². The van der Waals surface area contributed by atoms with Gasteiger partial charge in [-0.1, -0.05) is 48.0 Å². The van der Waals surface area contributed by atoms with Crippen molar-refractivity contribution in [2.45, 2.75) is 33.0 Å². The maximum atomic E-state index is 10.5. The molecule has 2 rings (SSSR count). The van der Waals surface area contributed by atoms with Gasteiger partial charge in [0.1, 0.15) is 11.9 Å². The molecule has 2 nitrogen and oxygen atoms in total. The molecule has 1 N–H and O–H groups in total. The van der Waals surface area contributed by atoms with Gasteiger partial charge in [0.05, 0.1) is 6.10 Å². The van der Waals surface area contributed by atoms with Gasteiger partial charge >= 0.3 is 0 Å². The van der Waals surface area contributed by atoms with Crippen LogP contribution in [-0.2, 0) is 0 Å². The number of hydrogen-bond donors (Lipinski definition) is 1. The molecule has 0 aliphatic carbocycles. The smallest absolute Gasteiger partial charge is 0.125 e. The lowest BCUT2D eigenvalue weighted by Crippen LogP contribution is -2.09. The molecule has 0 aliphatic rings. The molecule has 0 heterocycles. The Balaban J connectivity index is 2.32. The minimum atomic E-state index is -0.657. The van der Waals surface area contributed by atoms with E-state index < -0.39 is 6.10 Å². The number of rotatable bonds is 4. The van der Waals surface area contributed by atoms with E-state index in [1.165, 1.54) is 5.56 Å². The number of aryl methyl sites for hydroxylation is 1. The summed E-state index contributed by atoms with van der Waals surface area (Å²) in [6.07, 6.45) is -0.568. The van der Waals surface area contributed by atoms with Crippen LogP contribution < -0.4 is 4.74 Å². The van der Waals surface area contributed by atoms with E-state index in [0.29, 0.717) is 0 Å². The molecule has 2 aromatic carbocycles. The maximum absolute atomic E-state index is 10.5. The summed E-state index contributed by atoms with van der Waals surface area (Å²) in [6.45, 7) is 6.00. The van der Waals surface area contributed by atoms with Crippen LogP contribution in [0.4, 0.5) is 0 Å². The normalized spacial score (nSPS) is 12.5. The quantitative estimate of drug-likeness (QED) is 0.900. The van der Waals surface area contributed by atoms with E-state index in [0.717, 1.165) is 16.9 Å². The molecule has 0 saturated heterocycles. The van der Waals surface area contributed by atoms with Crippen molar-refractivity contribution < 1.29 is 9.84 Å². The van der Waals surface area contributed by atoms with Crippen LogP contribution in [0.15, 0.2) is 48.5 Å². The third kappa shape index (κ3) is 3.36. The van der Waals surface area contributed by atoms with Gasteiger partial charge in [-0.25, -0.2) is 0 Å². The first kappa shape index (κ1) is 13.6. The molecular weight excluding hydrogens is 236 g/mol. The van der Waals surface area contributed by atoms with E-state index in [1.807, 2.05) is 69.3 Å². The van der Waals surface area contributed by atoms with Gasteiger partial charge in [-0.3, -0.25) is 0 Å². The molecule has 0 amide bonds. The Bertz CT molecular complexity index is 529. The minimum absolute atomic E-state index is 0.0892. The molecule has 0 bridgehead atoms. The molecule has 2 aromatic rings. The predicted molar refractivity (Wildman–Crippen MR) is 77.4 cm³/mol. The van der Waals surface area contributed by atoms with Gasteiger partial charge in [0.15, 0.2) is 0 Å². The summed E-state index contributed by atoms with van der Waals surface area (Å²) in [5, 5.41) is 10.5. The van der Waals surface area contributed by atoms with Crippen LogP contribution in [0.3, 0.4) is 0 Å². The van der Waals surface area contributed by atoms with Gasteiger partial charge in [0.25, 0.3) is 0 Å². The Morgan fingerprint density at radius 3 is 2.21 bits per heavy atom. The van der Waals surface area contributed by atoms with E-state index in [1.54, 1.807) is 0 Å². The molecule has 19 heavy (non-hydrogen) atoms. The topological polar surface area (TPSA) is 29.5 Å². The predicted octanol–water partition coefficient (Wildman–Crippen LogP) is 3.86. The van der Waals surface area contributed by atoms with E-state index in [-0.39, 0.29) is 6.10 Å². The fraction of sp³-hybridized carbons (Fsp3) is 0.294. The van der Waals surface area contributed by atoms with Crippen molar-refractivity contribution in [1.29, 1.82) is 0 Å². The Kier molecular flexibility index (Phi) is 4.23. The van der Waals surface area contributed by atoms with Crippen molar-refractivity contribution in [1.82, 2.24) is 0 Å². The summed E-state index contributed by atoms with van der Waals surface area (Å²) in [5.41, 5.74) is 2.87. The van der Waals surface area contributed by atoms with Crippen LogP contribution in [0.5, 0.6) is 5.75 Å². The second-order valence-electron chi connectivity index (χ2n) is 5.02. The molecule has 2 heteroatoms. The van der Waals surface area contributed by atoms with E-state index in [9.17, 15) is 5.11 Å². The summed E-state index contributed by atoms with van der Waals surface area (Å²) < 4.78 is 5.75. The Labute approximate surface area is 114 Å². The second-order valence-corrected chi connectivity index (χ2v) is 5.02. The standard InChI is InChI=1S/C17H20O2/c1-12(2)19-16-7-5-4-6-15(16)17(18)14-10-8-13(3)9-11-14/h4-12,17-18H,1-3H3. The zero-order chi connectivity index (χ0) is 13.8. The number of ether oxygens (including phenoxy) is 1. The molecular formula is C17H20O2. The van der Waals surface area contributed by atoms with Crippen LogP contribution in [0.25, 0.3) is 0 Å². The monoisotopic (exact) mass is 256 g/mol. The number of hydrogen-bond acceptors (Lipinski definition) is 2. The highest BCUT2D eigenvalue weighted by Crippen LogP contribution is 2.30. The zero-order valence-electron chi connectivity index (χ0n) is 11.6. The lowest BCUT2D eigenvalue weighted by Gasteiger charge is -2.18. The van der Waals surface area contributed by atoms with Crippen molar-refractivity contribution in [3.05, 3.63) is 65.2 Å². The Morgan fingerprint density at radius 2 is 1.58 bits per heavy atom. The summed E-state index contributed by atoms with van der Waals surface area (Å²) in [4.78, 5) is 0. The van der Waals surface area contributed by atoms with Crippen LogP contribution in [0.1, 0.15) is 36.6 Å². The summed E-state index contributed by atoms with van der Waals surface area (Å²) in [5.74, 6) is 0.741. The molecule has 0 saturated carbocycles. The third-order valence-electron chi connectivity index (χ3n) is 2.97. The highest BCUT2D eigenvalue weighted by molar-refractivity contribution is 5.40. The molecule has 0 radical (unpaired) electrons. The van der Waals surface area contributed by atoms with Crippen molar-refractivity contribution in [3.8, 4) is 5.75 Å². The van der Waals surface area contributed by atoms with Gasteiger partial charge < -0.3 is 9.84 Å². The highest BCUT2D eigenvalue weighted by Gasteiger charge is 2.15. The lowest BCUT2D eigenvalue weighted by atomic mass is 10.00. The first-order chi connectivity index (χ1) is 9.08. The number of aliphatic hydroxyl groups excluding tert-OH is 1. The molecule has 0 aromatic heterocycles. The van der Waals surface area contributed by atoms with Crippen molar-refractivity contribution in [2.24, 2.45) is 0 Å². The number of aliphatic hydroxyl groups is 1. The molecule has 1 atom stereocenters. The van der Waals surface area contributed by atoms with Crippen molar-refractivity contribution in [3.63, 3.8) is 0 Å². The summed E-state index contributed by atoms with van der Waals surface area (Å²) in [7, 11) is 0. The summed E-state index contributed by atoms with van der Waals surface area (Å²) in [6, 6.07) is 15.5. The van der Waals surface area contributed by atoms with Gasteiger partial charge in [-0.2, -0.15) is 0 Å². The first-order valence-electron chi connectivity index (χ1n) is 6.58. The van der Waals surface area contributed by atoms with Crippen LogP contribution >= 0.6 is 0 Å². The third-order valence-corrected chi connectivity index (χ3v) is 2.97. The SMILES string of the molecule is Cc1ccc(C(O)c2ccccc2OC(C)C)cc1. The minimum Gasteiger partial charge on any atom is -0.491 e. The van der Waals surface area contributed by atoms with Crippen LogP contribution in [0.2, 0.25) is 0 Å². The average molecular weight is 256 g/mol. The summed E-state index contributed by atoms with van der Waals surface area (Å²) >= 11 is 0. The molecule has 0 fully saturated rings. The average Bonchev–Trinajstić information content (AvgIpc) is 2.39. The van der Waals surface area contributed by atoms with Gasteiger partial charge in [-0.15, -0.1) is 0 Å². The van der Waals surface area contributed by atoms with Crippen LogP contribution in [0, 0.1) is 6.92 Å². The second kappa shape index (κ2) is 5.89. The Hall–Kier alpha value is -1.80. The Morgan fingerprint density at radius 1 is 0.947 bits per heavy atom.